The summed E-state index contributed by atoms with van der Waals surface area (Å²) in [4.78, 5) is 0.927. The van der Waals surface area contributed by atoms with Crippen LogP contribution in [-0.2, 0) is 4.28 Å². The number of rotatable bonds is 5. The summed E-state index contributed by atoms with van der Waals surface area (Å²) >= 11 is 1.11. The molecule has 0 aromatic heterocycles. The van der Waals surface area contributed by atoms with Crippen molar-refractivity contribution in [2.24, 2.45) is 5.16 Å². The number of oxime groups is 1. The summed E-state index contributed by atoms with van der Waals surface area (Å²) in [7, 11) is 1.59. The second-order valence-corrected chi connectivity index (χ2v) is 5.75. The Bertz CT molecular complexity index is 674. The van der Waals surface area contributed by atoms with Gasteiger partial charge >= 0.3 is 0 Å². The van der Waals surface area contributed by atoms with Crippen molar-refractivity contribution < 1.29 is 9.02 Å². The zero-order valence-electron chi connectivity index (χ0n) is 14.4. The predicted molar refractivity (Wildman–Crippen MR) is 99.2 cm³/mol. The van der Waals surface area contributed by atoms with Crippen LogP contribution in [0.5, 0.6) is 5.75 Å². The van der Waals surface area contributed by atoms with E-state index in [-0.39, 0.29) is 5.71 Å². The molecule has 5 heteroatoms. The minimum absolute atomic E-state index is 0.220. The fourth-order valence-corrected chi connectivity index (χ4v) is 2.02. The lowest BCUT2D eigenvalue weighted by Gasteiger charge is -2.02. The molecule has 24 heavy (non-hydrogen) atoms. The number of ether oxygens (including phenoxy) is 1. The average Bonchev–Trinajstić information content (AvgIpc) is 2.61. The molecule has 0 amide bonds. The molecule has 4 nitrogen and oxygen atoms in total. The Labute approximate surface area is 148 Å². The molecular weight excluding hydrogens is 320 g/mol. The summed E-state index contributed by atoms with van der Waals surface area (Å²) in [6.07, 6.45) is 1.25. The normalized spacial score (nSPS) is 10.2. The van der Waals surface area contributed by atoms with E-state index >= 15 is 0 Å². The lowest BCUT2D eigenvalue weighted by atomic mass is 10.1. The van der Waals surface area contributed by atoms with Gasteiger partial charge in [-0.05, 0) is 43.3 Å². The van der Waals surface area contributed by atoms with Crippen LogP contribution in [0, 0.1) is 18.3 Å². The van der Waals surface area contributed by atoms with Crippen LogP contribution in [0.4, 0.5) is 0 Å². The molecule has 0 aliphatic heterocycles. The molecule has 0 aliphatic carbocycles. The Balaban J connectivity index is 0.000000891. The Morgan fingerprint density at radius 3 is 2.17 bits per heavy atom. The van der Waals surface area contributed by atoms with E-state index < -0.39 is 0 Å². The third-order valence-electron chi connectivity index (χ3n) is 2.75. The minimum atomic E-state index is 0.220. The molecule has 2 rings (SSSR count). The molecule has 0 radical (unpaired) electrons. The van der Waals surface area contributed by atoms with Crippen molar-refractivity contribution in [3.05, 3.63) is 59.7 Å². The Morgan fingerprint density at radius 2 is 1.67 bits per heavy atom. The molecule has 126 valence electrons. The standard InChI is InChI=1S/C16H14N2O2S.C3H8/c1-12-3-9-15(10-4-12)21-20-18-16(11-17)13-5-7-14(19-2)8-6-13;1-3-2/h3-10H,1-2H3;3H2,1-2H3/b18-16+;. The lowest BCUT2D eigenvalue weighted by Crippen LogP contribution is -1.97. The van der Waals surface area contributed by atoms with E-state index in [2.05, 4.69) is 19.0 Å². The van der Waals surface area contributed by atoms with Gasteiger partial charge in [0.2, 0.25) is 0 Å². The van der Waals surface area contributed by atoms with E-state index in [1.165, 1.54) is 12.0 Å². The summed E-state index contributed by atoms with van der Waals surface area (Å²) in [5, 5.41) is 13.0. The first-order valence-corrected chi connectivity index (χ1v) is 8.41. The van der Waals surface area contributed by atoms with Gasteiger partial charge in [-0.2, -0.15) is 5.26 Å². The highest BCUT2D eigenvalue weighted by molar-refractivity contribution is 7.94. The average molecular weight is 342 g/mol. The first-order chi connectivity index (χ1) is 11.6. The molecule has 2 aromatic rings. The first-order valence-electron chi connectivity index (χ1n) is 7.67. The summed E-state index contributed by atoms with van der Waals surface area (Å²) in [5.41, 5.74) is 2.08. The zero-order valence-corrected chi connectivity index (χ0v) is 15.3. The van der Waals surface area contributed by atoms with Crippen LogP contribution < -0.4 is 4.74 Å². The highest BCUT2D eigenvalue weighted by Crippen LogP contribution is 2.20. The van der Waals surface area contributed by atoms with Crippen LogP contribution in [0.1, 0.15) is 31.4 Å². The quantitative estimate of drug-likeness (QED) is 0.416. The van der Waals surface area contributed by atoms with Gasteiger partial charge in [0.05, 0.1) is 12.0 Å². The summed E-state index contributed by atoms with van der Waals surface area (Å²) in [6.45, 7) is 6.27. The maximum atomic E-state index is 9.14. The fourth-order valence-electron chi connectivity index (χ4n) is 1.58. The maximum Gasteiger partial charge on any atom is 0.188 e. The molecule has 2 aromatic carbocycles. The summed E-state index contributed by atoms with van der Waals surface area (Å²) in [5.74, 6) is 0.728. The van der Waals surface area contributed by atoms with E-state index in [4.69, 9.17) is 14.3 Å². The monoisotopic (exact) mass is 342 g/mol. The summed E-state index contributed by atoms with van der Waals surface area (Å²) < 4.78 is 10.2. The van der Waals surface area contributed by atoms with Gasteiger partial charge in [-0.3, -0.25) is 0 Å². The smallest absolute Gasteiger partial charge is 0.188 e. The van der Waals surface area contributed by atoms with Crippen molar-refractivity contribution in [3.8, 4) is 11.8 Å². The fraction of sp³-hybridized carbons (Fsp3) is 0.263. The third kappa shape index (κ3) is 6.76. The Hall–Kier alpha value is -2.45. The second kappa shape index (κ2) is 11.1. The molecule has 0 bridgehead atoms. The first kappa shape index (κ1) is 19.6. The largest absolute Gasteiger partial charge is 0.497 e. The minimum Gasteiger partial charge on any atom is -0.497 e. The van der Waals surface area contributed by atoms with Gasteiger partial charge in [-0.15, -0.1) is 0 Å². The van der Waals surface area contributed by atoms with Crippen LogP contribution in [0.3, 0.4) is 0 Å². The van der Waals surface area contributed by atoms with Crippen molar-refractivity contribution in [3.63, 3.8) is 0 Å². The molecule has 0 spiro atoms. The van der Waals surface area contributed by atoms with Gasteiger partial charge < -0.3 is 9.02 Å². The molecular formula is C19H22N2O2S. The summed E-state index contributed by atoms with van der Waals surface area (Å²) in [6, 6.07) is 17.0. The molecule has 0 saturated heterocycles. The number of methoxy groups -OCH3 is 1. The molecule has 0 aliphatic rings. The Morgan fingerprint density at radius 1 is 1.08 bits per heavy atom. The van der Waals surface area contributed by atoms with Crippen LogP contribution in [0.2, 0.25) is 0 Å². The molecule has 0 heterocycles. The van der Waals surface area contributed by atoms with Gasteiger partial charge in [0, 0.05) is 5.56 Å². The molecule has 0 N–H and O–H groups in total. The van der Waals surface area contributed by atoms with Crippen LogP contribution >= 0.6 is 12.0 Å². The highest BCUT2D eigenvalue weighted by atomic mass is 32.2. The van der Waals surface area contributed by atoms with Crippen molar-refractivity contribution in [2.75, 3.05) is 7.11 Å². The number of benzene rings is 2. The highest BCUT2D eigenvalue weighted by Gasteiger charge is 2.04. The SMILES string of the molecule is CCC.COc1ccc(/C(C#N)=N/OSc2ccc(C)cc2)cc1. The van der Waals surface area contributed by atoms with Gasteiger partial charge in [-0.1, -0.05) is 43.1 Å². The van der Waals surface area contributed by atoms with Crippen LogP contribution in [0.25, 0.3) is 0 Å². The zero-order chi connectivity index (χ0) is 17.8. The van der Waals surface area contributed by atoms with E-state index in [9.17, 15) is 0 Å². The van der Waals surface area contributed by atoms with Gasteiger partial charge in [0.25, 0.3) is 0 Å². The number of hydrogen-bond donors (Lipinski definition) is 0. The van der Waals surface area contributed by atoms with Crippen LogP contribution in [0.15, 0.2) is 58.6 Å². The van der Waals surface area contributed by atoms with E-state index in [0.717, 1.165) is 22.7 Å². The molecule has 0 fully saturated rings. The number of nitrogens with zero attached hydrogens (tertiary/aromatic N) is 2. The van der Waals surface area contributed by atoms with Crippen LogP contribution in [-0.4, -0.2) is 12.8 Å². The van der Waals surface area contributed by atoms with Crippen molar-refractivity contribution in [1.29, 1.82) is 5.26 Å². The van der Waals surface area contributed by atoms with E-state index in [1.807, 2.05) is 37.3 Å². The number of aryl methyl sites for hydroxylation is 1. The van der Waals surface area contributed by atoms with Crippen molar-refractivity contribution >= 4 is 17.8 Å². The number of nitriles is 1. The van der Waals surface area contributed by atoms with Gasteiger partial charge in [0.15, 0.2) is 5.71 Å². The topological polar surface area (TPSA) is 54.6 Å². The molecule has 0 atom stereocenters. The molecule has 0 unspecified atom stereocenters. The number of hydrogen-bond acceptors (Lipinski definition) is 5. The van der Waals surface area contributed by atoms with Gasteiger partial charge in [0.1, 0.15) is 23.9 Å². The Kier molecular flexibility index (Phi) is 9.10. The third-order valence-corrected chi connectivity index (χ3v) is 3.37. The van der Waals surface area contributed by atoms with E-state index in [0.29, 0.717) is 5.56 Å². The van der Waals surface area contributed by atoms with E-state index in [1.54, 1.807) is 31.4 Å². The maximum absolute atomic E-state index is 9.14. The van der Waals surface area contributed by atoms with Crippen molar-refractivity contribution in [1.82, 2.24) is 0 Å². The second-order valence-electron chi connectivity index (χ2n) is 4.96. The predicted octanol–water partition coefficient (Wildman–Crippen LogP) is 5.37. The van der Waals surface area contributed by atoms with Crippen molar-refractivity contribution in [2.45, 2.75) is 32.1 Å². The molecule has 0 saturated carbocycles. The lowest BCUT2D eigenvalue weighted by molar-refractivity contribution is 0.406. The van der Waals surface area contributed by atoms with Gasteiger partial charge in [-0.25, -0.2) is 0 Å².